The van der Waals surface area contributed by atoms with Crippen LogP contribution >= 0.6 is 11.3 Å². The van der Waals surface area contributed by atoms with Crippen LogP contribution in [0.4, 0.5) is 18.0 Å². The van der Waals surface area contributed by atoms with Crippen LogP contribution in [-0.2, 0) is 12.7 Å². The van der Waals surface area contributed by atoms with Crippen molar-refractivity contribution in [1.82, 2.24) is 15.6 Å². The molecule has 8 heteroatoms. The molecule has 0 radical (unpaired) electrons. The number of nitrogens with one attached hydrogen (secondary N) is 2. The number of thiazole rings is 1. The lowest BCUT2D eigenvalue weighted by molar-refractivity contribution is -0.137. The number of alkyl halides is 3. The highest BCUT2D eigenvalue weighted by molar-refractivity contribution is 7.09. The molecule has 2 aromatic rings. The molecule has 1 aromatic heterocycles. The summed E-state index contributed by atoms with van der Waals surface area (Å²) in [5.41, 5.74) is 0.400. The van der Waals surface area contributed by atoms with E-state index in [0.717, 1.165) is 22.8 Å². The second kappa shape index (κ2) is 6.99. The van der Waals surface area contributed by atoms with Crippen molar-refractivity contribution in [2.75, 3.05) is 0 Å². The standard InChI is InChI=1S/C15H16F3N3OS/c1-9(13-8-23-10(2)21-13)20-14(22)19-7-11-4-3-5-12(6-11)15(16,17)18/h3-6,8-9H,7H2,1-2H3,(H2,19,20,22)/t9-/m0/s1. The Morgan fingerprint density at radius 2 is 2.13 bits per heavy atom. The fourth-order valence-corrected chi connectivity index (χ4v) is 2.65. The van der Waals surface area contributed by atoms with Crippen molar-refractivity contribution in [2.45, 2.75) is 32.6 Å². The SMILES string of the molecule is Cc1nc([C@H](C)NC(=O)NCc2cccc(C(F)(F)F)c2)cs1. The van der Waals surface area contributed by atoms with Crippen LogP contribution in [0.3, 0.4) is 0 Å². The van der Waals surface area contributed by atoms with Gasteiger partial charge in [-0.2, -0.15) is 13.2 Å². The van der Waals surface area contributed by atoms with Gasteiger partial charge in [0, 0.05) is 11.9 Å². The quantitative estimate of drug-likeness (QED) is 0.881. The van der Waals surface area contributed by atoms with Crippen molar-refractivity contribution in [3.05, 3.63) is 51.5 Å². The first-order valence-electron chi connectivity index (χ1n) is 6.88. The first-order chi connectivity index (χ1) is 10.8. The topological polar surface area (TPSA) is 54.0 Å². The van der Waals surface area contributed by atoms with Gasteiger partial charge in [0.25, 0.3) is 0 Å². The summed E-state index contributed by atoms with van der Waals surface area (Å²) in [6.07, 6.45) is -4.39. The third-order valence-corrected chi connectivity index (χ3v) is 3.93. The zero-order valence-corrected chi connectivity index (χ0v) is 13.4. The number of hydrogen-bond acceptors (Lipinski definition) is 3. The van der Waals surface area contributed by atoms with Crippen LogP contribution in [0.25, 0.3) is 0 Å². The van der Waals surface area contributed by atoms with E-state index in [4.69, 9.17) is 0 Å². The second-order valence-electron chi connectivity index (χ2n) is 5.04. The Kier molecular flexibility index (Phi) is 5.25. The molecule has 124 valence electrons. The summed E-state index contributed by atoms with van der Waals surface area (Å²) in [7, 11) is 0. The van der Waals surface area contributed by atoms with Crippen molar-refractivity contribution in [3.8, 4) is 0 Å². The van der Waals surface area contributed by atoms with Gasteiger partial charge in [0.1, 0.15) is 0 Å². The molecular weight excluding hydrogens is 327 g/mol. The molecule has 4 nitrogen and oxygen atoms in total. The first kappa shape index (κ1) is 17.3. The highest BCUT2D eigenvalue weighted by atomic mass is 32.1. The van der Waals surface area contributed by atoms with E-state index in [1.165, 1.54) is 23.5 Å². The van der Waals surface area contributed by atoms with Gasteiger partial charge in [-0.1, -0.05) is 12.1 Å². The minimum atomic E-state index is -4.39. The molecular formula is C15H16F3N3OS. The minimum absolute atomic E-state index is 0.0125. The van der Waals surface area contributed by atoms with E-state index in [0.29, 0.717) is 5.56 Å². The molecule has 0 aliphatic rings. The van der Waals surface area contributed by atoms with E-state index in [1.54, 1.807) is 6.92 Å². The van der Waals surface area contributed by atoms with Gasteiger partial charge in [-0.25, -0.2) is 9.78 Å². The molecule has 2 N–H and O–H groups in total. The molecule has 0 aliphatic carbocycles. The molecule has 0 aliphatic heterocycles. The number of aromatic nitrogens is 1. The van der Waals surface area contributed by atoms with Crippen LogP contribution in [0.1, 0.15) is 34.8 Å². The number of hydrogen-bond donors (Lipinski definition) is 2. The Labute approximate surface area is 135 Å². The largest absolute Gasteiger partial charge is 0.416 e. The van der Waals surface area contributed by atoms with Crippen LogP contribution in [0.2, 0.25) is 0 Å². The Morgan fingerprint density at radius 3 is 2.74 bits per heavy atom. The highest BCUT2D eigenvalue weighted by Gasteiger charge is 2.30. The van der Waals surface area contributed by atoms with Crippen molar-refractivity contribution in [2.24, 2.45) is 0 Å². The average Bonchev–Trinajstić information content (AvgIpc) is 2.91. The molecule has 1 atom stereocenters. The Bertz CT molecular complexity index is 685. The summed E-state index contributed by atoms with van der Waals surface area (Å²) in [5.74, 6) is 0. The number of aryl methyl sites for hydroxylation is 1. The van der Waals surface area contributed by atoms with Crippen LogP contribution in [0.5, 0.6) is 0 Å². The average molecular weight is 343 g/mol. The molecule has 0 spiro atoms. The molecule has 0 unspecified atom stereocenters. The molecule has 0 saturated carbocycles. The fourth-order valence-electron chi connectivity index (χ4n) is 1.94. The Morgan fingerprint density at radius 1 is 1.39 bits per heavy atom. The zero-order chi connectivity index (χ0) is 17.0. The molecule has 0 bridgehead atoms. The number of benzene rings is 1. The van der Waals surface area contributed by atoms with Crippen LogP contribution in [0, 0.1) is 6.92 Å². The first-order valence-corrected chi connectivity index (χ1v) is 7.76. The summed E-state index contributed by atoms with van der Waals surface area (Å²) in [4.78, 5) is 16.1. The third-order valence-electron chi connectivity index (χ3n) is 3.14. The van der Waals surface area contributed by atoms with E-state index < -0.39 is 17.8 Å². The number of amides is 2. The van der Waals surface area contributed by atoms with Gasteiger partial charge in [-0.05, 0) is 31.5 Å². The van der Waals surface area contributed by atoms with Crippen LogP contribution in [0.15, 0.2) is 29.6 Å². The fraction of sp³-hybridized carbons (Fsp3) is 0.333. The minimum Gasteiger partial charge on any atom is -0.334 e. The Hall–Kier alpha value is -2.09. The van der Waals surface area contributed by atoms with Crippen molar-refractivity contribution < 1.29 is 18.0 Å². The van der Waals surface area contributed by atoms with Gasteiger partial charge in [-0.15, -0.1) is 11.3 Å². The van der Waals surface area contributed by atoms with Crippen molar-refractivity contribution >= 4 is 17.4 Å². The summed E-state index contributed by atoms with van der Waals surface area (Å²) in [6.45, 7) is 3.67. The van der Waals surface area contributed by atoms with E-state index in [1.807, 2.05) is 12.3 Å². The predicted octanol–water partition coefficient (Wildman–Crippen LogP) is 4.03. The number of halogens is 3. The lowest BCUT2D eigenvalue weighted by Crippen LogP contribution is -2.36. The number of rotatable bonds is 4. The molecule has 2 rings (SSSR count). The summed E-state index contributed by atoms with van der Waals surface area (Å²) in [6, 6.07) is 4.13. The van der Waals surface area contributed by atoms with E-state index >= 15 is 0 Å². The van der Waals surface area contributed by atoms with E-state index in [9.17, 15) is 18.0 Å². The molecule has 23 heavy (non-hydrogen) atoms. The molecule has 0 fully saturated rings. The molecule has 1 heterocycles. The highest BCUT2D eigenvalue weighted by Crippen LogP contribution is 2.29. The summed E-state index contributed by atoms with van der Waals surface area (Å²) in [5, 5.41) is 8.00. The molecule has 1 aromatic carbocycles. The second-order valence-corrected chi connectivity index (χ2v) is 6.10. The maximum Gasteiger partial charge on any atom is 0.416 e. The van der Waals surface area contributed by atoms with Gasteiger partial charge < -0.3 is 10.6 Å². The van der Waals surface area contributed by atoms with Crippen molar-refractivity contribution in [1.29, 1.82) is 0 Å². The number of urea groups is 1. The molecule has 2 amide bonds. The van der Waals surface area contributed by atoms with Gasteiger partial charge >= 0.3 is 12.2 Å². The monoisotopic (exact) mass is 343 g/mol. The maximum atomic E-state index is 12.6. The number of carbonyl (C=O) groups is 1. The van der Waals surface area contributed by atoms with Gasteiger partial charge in [0.2, 0.25) is 0 Å². The van der Waals surface area contributed by atoms with E-state index in [-0.39, 0.29) is 12.6 Å². The van der Waals surface area contributed by atoms with Gasteiger partial charge in [0.05, 0.1) is 22.3 Å². The number of nitrogens with zero attached hydrogens (tertiary/aromatic N) is 1. The maximum absolute atomic E-state index is 12.6. The van der Waals surface area contributed by atoms with Gasteiger partial charge in [-0.3, -0.25) is 0 Å². The molecule has 0 saturated heterocycles. The van der Waals surface area contributed by atoms with E-state index in [2.05, 4.69) is 15.6 Å². The predicted molar refractivity (Wildman–Crippen MR) is 82.1 cm³/mol. The smallest absolute Gasteiger partial charge is 0.334 e. The summed E-state index contributed by atoms with van der Waals surface area (Å²) < 4.78 is 37.9. The third kappa shape index (κ3) is 4.95. The van der Waals surface area contributed by atoms with Crippen molar-refractivity contribution in [3.63, 3.8) is 0 Å². The normalized spacial score (nSPS) is 12.7. The summed E-state index contributed by atoms with van der Waals surface area (Å²) >= 11 is 1.48. The van der Waals surface area contributed by atoms with Crippen LogP contribution in [-0.4, -0.2) is 11.0 Å². The zero-order valence-electron chi connectivity index (χ0n) is 12.6. The van der Waals surface area contributed by atoms with Crippen LogP contribution < -0.4 is 10.6 Å². The lowest BCUT2D eigenvalue weighted by Gasteiger charge is -2.13. The number of carbonyl (C=O) groups excluding carboxylic acids is 1. The lowest BCUT2D eigenvalue weighted by atomic mass is 10.1. The Balaban J connectivity index is 1.89. The van der Waals surface area contributed by atoms with Gasteiger partial charge in [0.15, 0.2) is 0 Å².